The van der Waals surface area contributed by atoms with Gasteiger partial charge in [-0.05, 0) is 6.92 Å². The van der Waals surface area contributed by atoms with Gasteiger partial charge in [0.05, 0.1) is 44.3 Å². The van der Waals surface area contributed by atoms with Crippen molar-refractivity contribution in [1.29, 1.82) is 0 Å². The highest BCUT2D eigenvalue weighted by molar-refractivity contribution is 5.52. The molecule has 1 aliphatic heterocycles. The summed E-state index contributed by atoms with van der Waals surface area (Å²) in [4.78, 5) is 18.7. The third-order valence-corrected chi connectivity index (χ3v) is 4.56. The van der Waals surface area contributed by atoms with Crippen molar-refractivity contribution in [1.82, 2.24) is 30.1 Å². The van der Waals surface area contributed by atoms with Gasteiger partial charge in [-0.2, -0.15) is 20.1 Å². The molecule has 31 heavy (non-hydrogen) atoms. The van der Waals surface area contributed by atoms with Gasteiger partial charge in [0.15, 0.2) is 5.82 Å². The number of aromatic nitrogens is 6. The van der Waals surface area contributed by atoms with Crippen LogP contribution in [0.2, 0.25) is 0 Å². The molecular weight excluding hydrogens is 412 g/mol. The van der Waals surface area contributed by atoms with Gasteiger partial charge in [0, 0.05) is 24.4 Å². The fourth-order valence-electron chi connectivity index (χ4n) is 3.03. The van der Waals surface area contributed by atoms with E-state index in [1.807, 2.05) is 11.8 Å². The van der Waals surface area contributed by atoms with Gasteiger partial charge in [0.2, 0.25) is 17.8 Å². The third-order valence-electron chi connectivity index (χ3n) is 4.56. The van der Waals surface area contributed by atoms with Crippen molar-refractivity contribution < 1.29 is 18.6 Å². The van der Waals surface area contributed by atoms with Crippen LogP contribution in [-0.2, 0) is 11.3 Å². The molecule has 0 aliphatic carbocycles. The molecule has 1 aliphatic rings. The number of aliphatic hydroxyl groups excluding tert-OH is 1. The van der Waals surface area contributed by atoms with Crippen molar-refractivity contribution in [3.63, 3.8) is 0 Å². The Hall–Kier alpha value is -3.45. The van der Waals surface area contributed by atoms with Crippen LogP contribution >= 0.6 is 0 Å². The Morgan fingerprint density at radius 1 is 1.26 bits per heavy atom. The van der Waals surface area contributed by atoms with Crippen molar-refractivity contribution in [2.45, 2.75) is 19.5 Å². The van der Waals surface area contributed by atoms with Crippen LogP contribution in [0, 0.1) is 18.6 Å². The quantitative estimate of drug-likeness (QED) is 0.429. The number of aryl methyl sites for hydroxylation is 1. The minimum Gasteiger partial charge on any atom is -0.394 e. The predicted octanol–water partition coefficient (Wildman–Crippen LogP) is 1.13. The summed E-state index contributed by atoms with van der Waals surface area (Å²) in [5.41, 5.74) is 0.863. The molecule has 1 saturated heterocycles. The van der Waals surface area contributed by atoms with E-state index in [1.54, 1.807) is 6.07 Å². The van der Waals surface area contributed by atoms with Gasteiger partial charge in [-0.15, -0.1) is 0 Å². The summed E-state index contributed by atoms with van der Waals surface area (Å²) in [7, 11) is 0. The minimum atomic E-state index is -0.777. The molecule has 4 rings (SSSR count). The number of aromatic amines is 1. The number of anilines is 4. The summed E-state index contributed by atoms with van der Waals surface area (Å²) in [6.45, 7) is 2.91. The van der Waals surface area contributed by atoms with E-state index in [-0.39, 0.29) is 36.8 Å². The molecule has 11 nitrogen and oxygen atoms in total. The first-order chi connectivity index (χ1) is 15.0. The fourth-order valence-corrected chi connectivity index (χ4v) is 3.03. The van der Waals surface area contributed by atoms with Crippen molar-refractivity contribution >= 4 is 23.7 Å². The summed E-state index contributed by atoms with van der Waals surface area (Å²) in [6.07, 6.45) is 0.936. The number of hydrogen-bond donors (Lipinski definition) is 4. The van der Waals surface area contributed by atoms with Crippen LogP contribution in [0.1, 0.15) is 11.4 Å². The molecule has 0 radical (unpaired) electrons. The number of pyridine rings is 1. The molecule has 1 fully saturated rings. The van der Waals surface area contributed by atoms with E-state index in [0.717, 1.165) is 18.0 Å². The van der Waals surface area contributed by atoms with E-state index in [2.05, 4.69) is 40.8 Å². The Morgan fingerprint density at radius 2 is 2.10 bits per heavy atom. The summed E-state index contributed by atoms with van der Waals surface area (Å²) in [5.74, 6) is -0.370. The van der Waals surface area contributed by atoms with Crippen molar-refractivity contribution in [2.24, 2.45) is 0 Å². The lowest BCUT2D eigenvalue weighted by Crippen LogP contribution is -2.48. The molecule has 0 aromatic carbocycles. The van der Waals surface area contributed by atoms with E-state index in [1.165, 1.54) is 0 Å². The maximum atomic E-state index is 13.9. The normalized spacial score (nSPS) is 16.4. The van der Waals surface area contributed by atoms with Crippen molar-refractivity contribution in [2.75, 3.05) is 41.9 Å². The first-order valence-electron chi connectivity index (χ1n) is 9.56. The van der Waals surface area contributed by atoms with E-state index < -0.39 is 11.6 Å². The molecule has 13 heteroatoms. The van der Waals surface area contributed by atoms with Gasteiger partial charge in [-0.25, -0.2) is 8.78 Å². The predicted molar refractivity (Wildman–Crippen MR) is 107 cm³/mol. The lowest BCUT2D eigenvalue weighted by Gasteiger charge is -2.34. The second-order valence-electron chi connectivity index (χ2n) is 6.88. The van der Waals surface area contributed by atoms with Gasteiger partial charge in [0.25, 0.3) is 0 Å². The first-order valence-corrected chi connectivity index (χ1v) is 9.56. The molecule has 4 heterocycles. The van der Waals surface area contributed by atoms with Crippen LogP contribution in [0.25, 0.3) is 0 Å². The Morgan fingerprint density at radius 3 is 2.84 bits per heavy atom. The fraction of sp³-hybridized carbons (Fsp3) is 0.389. The molecule has 0 amide bonds. The number of morpholine rings is 1. The second kappa shape index (κ2) is 9.14. The van der Waals surface area contributed by atoms with E-state index in [0.29, 0.717) is 31.5 Å². The number of nitrogens with zero attached hydrogens (tertiary/aromatic N) is 6. The third kappa shape index (κ3) is 5.00. The minimum absolute atomic E-state index is 0.0143. The molecule has 0 spiro atoms. The number of hydrogen-bond acceptors (Lipinski definition) is 10. The highest BCUT2D eigenvalue weighted by atomic mass is 19.1. The smallest absolute Gasteiger partial charge is 0.235 e. The Kier molecular flexibility index (Phi) is 6.13. The first kappa shape index (κ1) is 20.8. The highest BCUT2D eigenvalue weighted by Crippen LogP contribution is 2.21. The van der Waals surface area contributed by atoms with Crippen molar-refractivity contribution in [3.8, 4) is 0 Å². The molecule has 164 valence electrons. The zero-order chi connectivity index (χ0) is 21.8. The lowest BCUT2D eigenvalue weighted by molar-refractivity contribution is 0.0718. The summed E-state index contributed by atoms with van der Waals surface area (Å²) in [6, 6.07) is 2.22. The molecule has 3 aromatic rings. The molecule has 0 unspecified atom stereocenters. The highest BCUT2D eigenvalue weighted by Gasteiger charge is 2.26. The SMILES string of the molecule is Cc1cc(Nc2nc(NCc3ncc(F)cc3F)nc(N3CCOC[C@H]3CO)n2)n[nH]1. The average Bonchev–Trinajstić information content (AvgIpc) is 3.17. The van der Waals surface area contributed by atoms with Crippen molar-refractivity contribution in [3.05, 3.63) is 41.4 Å². The van der Waals surface area contributed by atoms with Gasteiger partial charge in [-0.3, -0.25) is 10.1 Å². The Labute approximate surface area is 175 Å². The number of halogens is 2. The van der Waals surface area contributed by atoms with Crippen LogP contribution in [0.4, 0.5) is 32.4 Å². The maximum Gasteiger partial charge on any atom is 0.235 e. The second-order valence-corrected chi connectivity index (χ2v) is 6.88. The Balaban J connectivity index is 1.61. The van der Waals surface area contributed by atoms with Crippen LogP contribution in [0.5, 0.6) is 0 Å². The van der Waals surface area contributed by atoms with Crippen LogP contribution in [0.3, 0.4) is 0 Å². The molecule has 3 aromatic heterocycles. The molecule has 0 bridgehead atoms. The van der Waals surface area contributed by atoms with E-state index in [9.17, 15) is 13.9 Å². The van der Waals surface area contributed by atoms with Gasteiger partial charge < -0.3 is 25.4 Å². The summed E-state index contributed by atoms with van der Waals surface area (Å²) in [5, 5.41) is 22.5. The number of H-pyrrole nitrogens is 1. The number of rotatable bonds is 7. The summed E-state index contributed by atoms with van der Waals surface area (Å²) >= 11 is 0. The monoisotopic (exact) mass is 433 g/mol. The van der Waals surface area contributed by atoms with Crippen LogP contribution in [0.15, 0.2) is 18.3 Å². The van der Waals surface area contributed by atoms with E-state index in [4.69, 9.17) is 4.74 Å². The summed E-state index contributed by atoms with van der Waals surface area (Å²) < 4.78 is 32.4. The molecule has 0 saturated carbocycles. The molecule has 4 N–H and O–H groups in total. The molecular formula is C18H21F2N9O2. The average molecular weight is 433 g/mol. The van der Waals surface area contributed by atoms with Gasteiger partial charge in [-0.1, -0.05) is 0 Å². The zero-order valence-corrected chi connectivity index (χ0v) is 16.6. The largest absolute Gasteiger partial charge is 0.394 e. The maximum absolute atomic E-state index is 13.9. The number of ether oxygens (including phenoxy) is 1. The topological polar surface area (TPSA) is 137 Å². The molecule has 1 atom stereocenters. The van der Waals surface area contributed by atoms with E-state index >= 15 is 0 Å². The number of aliphatic hydroxyl groups is 1. The van der Waals surface area contributed by atoms with Crippen LogP contribution < -0.4 is 15.5 Å². The van der Waals surface area contributed by atoms with Gasteiger partial charge in [0.1, 0.15) is 11.6 Å². The Bertz CT molecular complexity index is 1050. The number of nitrogens with one attached hydrogen (secondary N) is 3. The van der Waals surface area contributed by atoms with Crippen LogP contribution in [-0.4, -0.2) is 67.6 Å². The van der Waals surface area contributed by atoms with Gasteiger partial charge >= 0.3 is 0 Å². The lowest BCUT2D eigenvalue weighted by atomic mass is 10.2. The zero-order valence-electron chi connectivity index (χ0n) is 16.6. The standard InChI is InChI=1S/C18H21F2N9O2/c1-10-4-15(28-27-10)23-17-24-16(22-7-14-13(20)5-11(19)6-21-14)25-18(26-17)29-2-3-31-9-12(29)8-30/h4-6,12,30H,2-3,7-9H2,1H3,(H3,22,23,24,25,26,27,28)/t12-/m1/s1.